The molecule has 3 aromatic rings. The standard InChI is InChI=1S/C27H26N2O4/c1-18-11-19(2)13-20(12-18)17-33-26-15-25(32-4)8-5-21(26)14-22(16-28)27(30)29-23-6-9-24(31-3)10-7-23/h5-15H,17H2,1-4H3,(H,29,30)/b22-14+. The summed E-state index contributed by atoms with van der Waals surface area (Å²) >= 11 is 0. The maximum absolute atomic E-state index is 12.7. The van der Waals surface area contributed by atoms with Crippen LogP contribution < -0.4 is 19.5 Å². The second-order valence-electron chi connectivity index (χ2n) is 7.54. The molecule has 0 spiro atoms. The summed E-state index contributed by atoms with van der Waals surface area (Å²) in [5, 5.41) is 12.3. The van der Waals surface area contributed by atoms with Crippen LogP contribution in [0.4, 0.5) is 5.69 Å². The highest BCUT2D eigenvalue weighted by Gasteiger charge is 2.13. The molecule has 0 bridgehead atoms. The van der Waals surface area contributed by atoms with E-state index in [9.17, 15) is 10.1 Å². The first kappa shape index (κ1) is 23.4. The number of anilines is 1. The lowest BCUT2D eigenvalue weighted by Gasteiger charge is -2.13. The van der Waals surface area contributed by atoms with Crippen molar-refractivity contribution in [3.63, 3.8) is 0 Å². The van der Waals surface area contributed by atoms with Crippen LogP contribution in [0.1, 0.15) is 22.3 Å². The average Bonchev–Trinajstić information content (AvgIpc) is 2.81. The molecule has 0 saturated carbocycles. The molecule has 3 rings (SSSR count). The summed E-state index contributed by atoms with van der Waals surface area (Å²) in [4.78, 5) is 12.7. The van der Waals surface area contributed by atoms with Crippen LogP contribution in [0.15, 0.2) is 66.2 Å². The lowest BCUT2D eigenvalue weighted by Crippen LogP contribution is -2.13. The Labute approximate surface area is 194 Å². The molecule has 0 unspecified atom stereocenters. The number of benzene rings is 3. The summed E-state index contributed by atoms with van der Waals surface area (Å²) in [5.41, 5.74) is 4.45. The molecule has 33 heavy (non-hydrogen) atoms. The SMILES string of the molecule is COc1ccc(NC(=O)/C(C#N)=C/c2ccc(OC)cc2OCc2cc(C)cc(C)c2)cc1. The molecule has 1 amide bonds. The maximum atomic E-state index is 12.7. The average molecular weight is 443 g/mol. The van der Waals surface area contributed by atoms with Gasteiger partial charge in [-0.15, -0.1) is 0 Å². The first-order chi connectivity index (χ1) is 15.9. The number of nitrogens with one attached hydrogen (secondary N) is 1. The normalized spacial score (nSPS) is 10.8. The molecular formula is C27H26N2O4. The number of carbonyl (C=O) groups excluding carboxylic acids is 1. The van der Waals surface area contributed by atoms with Gasteiger partial charge in [-0.1, -0.05) is 29.3 Å². The smallest absolute Gasteiger partial charge is 0.266 e. The van der Waals surface area contributed by atoms with Crippen molar-refractivity contribution in [2.75, 3.05) is 19.5 Å². The van der Waals surface area contributed by atoms with Crippen LogP contribution in [0, 0.1) is 25.2 Å². The largest absolute Gasteiger partial charge is 0.497 e. The molecule has 168 valence electrons. The number of ether oxygens (including phenoxy) is 3. The minimum absolute atomic E-state index is 0.0489. The van der Waals surface area contributed by atoms with Gasteiger partial charge in [0.15, 0.2) is 0 Å². The lowest BCUT2D eigenvalue weighted by molar-refractivity contribution is -0.112. The minimum Gasteiger partial charge on any atom is -0.497 e. The summed E-state index contributed by atoms with van der Waals surface area (Å²) in [6, 6.07) is 20.3. The first-order valence-electron chi connectivity index (χ1n) is 10.4. The van der Waals surface area contributed by atoms with E-state index in [2.05, 4.69) is 23.5 Å². The summed E-state index contributed by atoms with van der Waals surface area (Å²) in [6.45, 7) is 4.42. The Hall–Kier alpha value is -4.24. The number of rotatable bonds is 8. The van der Waals surface area contributed by atoms with Crippen LogP contribution in [-0.4, -0.2) is 20.1 Å². The highest BCUT2D eigenvalue weighted by atomic mass is 16.5. The van der Waals surface area contributed by atoms with Crippen LogP contribution in [0.25, 0.3) is 6.08 Å². The van der Waals surface area contributed by atoms with Gasteiger partial charge in [-0.05, 0) is 61.9 Å². The van der Waals surface area contributed by atoms with E-state index in [-0.39, 0.29) is 5.57 Å². The second-order valence-corrected chi connectivity index (χ2v) is 7.54. The fourth-order valence-corrected chi connectivity index (χ4v) is 3.38. The van der Waals surface area contributed by atoms with Crippen molar-refractivity contribution < 1.29 is 19.0 Å². The van der Waals surface area contributed by atoms with Crippen molar-refractivity contribution in [2.24, 2.45) is 0 Å². The third kappa shape index (κ3) is 6.37. The van der Waals surface area contributed by atoms with E-state index in [1.54, 1.807) is 56.7 Å². The third-order valence-corrected chi connectivity index (χ3v) is 4.91. The van der Waals surface area contributed by atoms with Gasteiger partial charge in [0.25, 0.3) is 5.91 Å². The van der Waals surface area contributed by atoms with Crippen LogP contribution in [-0.2, 0) is 11.4 Å². The van der Waals surface area contributed by atoms with Gasteiger partial charge < -0.3 is 19.5 Å². The van der Waals surface area contributed by atoms with Gasteiger partial charge >= 0.3 is 0 Å². The second kappa shape index (κ2) is 10.9. The molecule has 0 heterocycles. The van der Waals surface area contributed by atoms with E-state index in [0.717, 1.165) is 16.7 Å². The Morgan fingerprint density at radius 1 is 0.939 bits per heavy atom. The topological polar surface area (TPSA) is 80.6 Å². The number of hydrogen-bond donors (Lipinski definition) is 1. The molecule has 6 nitrogen and oxygen atoms in total. The predicted octanol–water partition coefficient (Wildman–Crippen LogP) is 5.45. The molecule has 1 N–H and O–H groups in total. The molecular weight excluding hydrogens is 416 g/mol. The van der Waals surface area contributed by atoms with Crippen molar-refractivity contribution in [3.05, 3.63) is 88.5 Å². The third-order valence-electron chi connectivity index (χ3n) is 4.91. The van der Waals surface area contributed by atoms with E-state index in [4.69, 9.17) is 14.2 Å². The van der Waals surface area contributed by atoms with Gasteiger partial charge in [0.1, 0.15) is 35.5 Å². The van der Waals surface area contributed by atoms with E-state index < -0.39 is 5.91 Å². The molecule has 0 saturated heterocycles. The summed E-state index contributed by atoms with van der Waals surface area (Å²) in [6.07, 6.45) is 1.51. The molecule has 0 aliphatic rings. The summed E-state index contributed by atoms with van der Waals surface area (Å²) < 4.78 is 16.5. The van der Waals surface area contributed by atoms with Crippen molar-refractivity contribution in [2.45, 2.75) is 20.5 Å². The van der Waals surface area contributed by atoms with Gasteiger partial charge in [0.2, 0.25) is 0 Å². The Morgan fingerprint density at radius 3 is 2.18 bits per heavy atom. The van der Waals surface area contributed by atoms with E-state index >= 15 is 0 Å². The van der Waals surface area contributed by atoms with Crippen LogP contribution in [0.5, 0.6) is 17.2 Å². The molecule has 0 fully saturated rings. The monoisotopic (exact) mass is 442 g/mol. The minimum atomic E-state index is -0.515. The Kier molecular flexibility index (Phi) is 7.72. The van der Waals surface area contributed by atoms with Crippen molar-refractivity contribution in [3.8, 4) is 23.3 Å². The van der Waals surface area contributed by atoms with Gasteiger partial charge in [0, 0.05) is 17.3 Å². The Bertz CT molecular complexity index is 1190. The number of amides is 1. The van der Waals surface area contributed by atoms with Crippen LogP contribution >= 0.6 is 0 Å². The Morgan fingerprint density at radius 2 is 1.58 bits per heavy atom. The summed E-state index contributed by atoms with van der Waals surface area (Å²) in [7, 11) is 3.14. The quantitative estimate of drug-likeness (QED) is 0.371. The van der Waals surface area contributed by atoms with Crippen LogP contribution in [0.2, 0.25) is 0 Å². The van der Waals surface area contributed by atoms with Crippen molar-refractivity contribution in [1.29, 1.82) is 5.26 Å². The maximum Gasteiger partial charge on any atom is 0.266 e. The molecule has 0 aliphatic heterocycles. The molecule has 6 heteroatoms. The van der Waals surface area contributed by atoms with Crippen LogP contribution in [0.3, 0.4) is 0 Å². The first-order valence-corrected chi connectivity index (χ1v) is 10.4. The van der Waals surface area contributed by atoms with Crippen molar-refractivity contribution >= 4 is 17.7 Å². The Balaban J connectivity index is 1.84. The molecule has 0 aliphatic carbocycles. The summed E-state index contributed by atoms with van der Waals surface area (Å²) in [5.74, 6) is 1.29. The zero-order valence-corrected chi connectivity index (χ0v) is 19.1. The number of nitrogens with zero attached hydrogens (tertiary/aromatic N) is 1. The van der Waals surface area contributed by atoms with Gasteiger partial charge in [-0.2, -0.15) is 5.26 Å². The molecule has 0 radical (unpaired) electrons. The highest BCUT2D eigenvalue weighted by molar-refractivity contribution is 6.09. The van der Waals surface area contributed by atoms with Gasteiger partial charge in [-0.3, -0.25) is 4.79 Å². The van der Waals surface area contributed by atoms with Crippen molar-refractivity contribution in [1.82, 2.24) is 0 Å². The fraction of sp³-hybridized carbons (Fsp3) is 0.185. The number of nitriles is 1. The number of methoxy groups -OCH3 is 2. The van der Waals surface area contributed by atoms with E-state index in [1.165, 1.54) is 6.08 Å². The van der Waals surface area contributed by atoms with E-state index in [1.807, 2.05) is 19.9 Å². The zero-order valence-electron chi connectivity index (χ0n) is 19.1. The van der Waals surface area contributed by atoms with Gasteiger partial charge in [0.05, 0.1) is 14.2 Å². The molecule has 0 aromatic heterocycles. The lowest BCUT2D eigenvalue weighted by atomic mass is 10.1. The van der Waals surface area contributed by atoms with E-state index in [0.29, 0.717) is 35.1 Å². The van der Waals surface area contributed by atoms with Gasteiger partial charge in [-0.25, -0.2) is 0 Å². The number of aryl methyl sites for hydroxylation is 2. The number of carbonyl (C=O) groups is 1. The number of hydrogen-bond acceptors (Lipinski definition) is 5. The highest BCUT2D eigenvalue weighted by Crippen LogP contribution is 2.28. The fourth-order valence-electron chi connectivity index (χ4n) is 3.38. The zero-order chi connectivity index (χ0) is 23.8. The molecule has 3 aromatic carbocycles. The molecule has 0 atom stereocenters. The predicted molar refractivity (Wildman–Crippen MR) is 128 cm³/mol.